The van der Waals surface area contributed by atoms with Crippen LogP contribution in [0.4, 0.5) is 22.7 Å². The SMILES string of the molecule is CC(=O)Nc1cc2c(c(C3C=Cc4ccccc43)c1NC(C)=O)[CH]([Sn]([CH3])[CH3])c1ccccc1-2.CC(=O)Nc1cc2c(c(C3C=Cc4ccccc43)c1NC(C)=O)[CH]([Sn]([CH3])[CH3])c1ccccc1-2.[Hf]. The first-order chi connectivity index (χ1) is 31.7. The van der Waals surface area contributed by atoms with Gasteiger partial charge in [0.25, 0.3) is 0 Å². The second-order valence-electron chi connectivity index (χ2n) is 18.2. The summed E-state index contributed by atoms with van der Waals surface area (Å²) < 4.78 is 0.794. The fourth-order valence-corrected chi connectivity index (χ4v) is 20.9. The van der Waals surface area contributed by atoms with Crippen LogP contribution in [0.25, 0.3) is 34.4 Å². The molecule has 11 heteroatoms. The summed E-state index contributed by atoms with van der Waals surface area (Å²) >= 11 is -3.64. The molecular formula is C56H54HfN4O4Sn2. The van der Waals surface area contributed by atoms with Crippen molar-refractivity contribution in [3.8, 4) is 22.3 Å². The first kappa shape index (κ1) is 48.6. The summed E-state index contributed by atoms with van der Waals surface area (Å²) in [6.07, 6.45) is 8.81. The molecule has 4 N–H and O–H groups in total. The topological polar surface area (TPSA) is 116 Å². The van der Waals surface area contributed by atoms with E-state index in [1.54, 1.807) is 0 Å². The molecule has 0 fully saturated rings. The maximum absolute atomic E-state index is 12.4. The second-order valence-corrected chi connectivity index (χ2v) is 33.8. The molecule has 0 bridgehead atoms. The molecule has 0 aliphatic heterocycles. The van der Waals surface area contributed by atoms with Gasteiger partial charge in [0.15, 0.2) is 0 Å². The largest absolute Gasteiger partial charge is 0 e. The van der Waals surface area contributed by atoms with Gasteiger partial charge in [-0.3, -0.25) is 0 Å². The van der Waals surface area contributed by atoms with Crippen LogP contribution in [0.5, 0.6) is 0 Å². The van der Waals surface area contributed by atoms with E-state index in [1.165, 1.54) is 94.5 Å². The van der Waals surface area contributed by atoms with Crippen LogP contribution in [0.3, 0.4) is 0 Å². The Labute approximate surface area is 426 Å². The van der Waals surface area contributed by atoms with Crippen molar-refractivity contribution in [3.05, 3.63) is 177 Å². The molecule has 8 nitrogen and oxygen atoms in total. The average molecular weight is 1260 g/mol. The number of nitrogens with one attached hydrogen (secondary N) is 4. The molecule has 4 aliphatic carbocycles. The molecule has 6 aromatic carbocycles. The van der Waals surface area contributed by atoms with Crippen molar-refractivity contribution in [1.82, 2.24) is 0 Å². The number of hydrogen-bond donors (Lipinski definition) is 4. The molecule has 4 atom stereocenters. The van der Waals surface area contributed by atoms with Crippen molar-refractivity contribution in [2.24, 2.45) is 0 Å². The molecule has 4 aliphatic rings. The minimum absolute atomic E-state index is 0. The zero-order valence-corrected chi connectivity index (χ0v) is 48.4. The Bertz CT molecular complexity index is 2860. The first-order valence-electron chi connectivity index (χ1n) is 22.6. The molecule has 0 spiro atoms. The number of benzene rings is 6. The molecular weight excluding hydrogens is 1210 g/mol. The average Bonchev–Trinajstić information content (AvgIpc) is 4.05. The van der Waals surface area contributed by atoms with Gasteiger partial charge >= 0.3 is 405 Å². The van der Waals surface area contributed by atoms with Crippen molar-refractivity contribution in [2.75, 3.05) is 21.3 Å². The molecule has 10 rings (SSSR count). The standard InChI is InChI=1S/2C26H21N2O2.4CH3.Hf.2Sn/c2*1-15(29)27-24-14-22-20-10-6-4-8-18(20)13-23(22)25(26(24)28-16(2)30)21-12-11-17-7-3-5-9-19(17)21;;;;;;;/h2*3-14,21H,1-2H3,(H,27,29)(H,28,30);4*1H3;;;. The Morgan fingerprint density at radius 1 is 0.418 bits per heavy atom. The van der Waals surface area contributed by atoms with E-state index in [4.69, 9.17) is 0 Å². The molecule has 4 amide bonds. The van der Waals surface area contributed by atoms with Crippen LogP contribution < -0.4 is 21.3 Å². The van der Waals surface area contributed by atoms with E-state index >= 15 is 0 Å². The molecule has 334 valence electrons. The summed E-state index contributed by atoms with van der Waals surface area (Å²) in [5.41, 5.74) is 20.2. The number of rotatable bonds is 8. The summed E-state index contributed by atoms with van der Waals surface area (Å²) in [4.78, 5) is 58.9. The van der Waals surface area contributed by atoms with Gasteiger partial charge < -0.3 is 0 Å². The van der Waals surface area contributed by atoms with Gasteiger partial charge in [-0.2, -0.15) is 0 Å². The van der Waals surface area contributed by atoms with Gasteiger partial charge in [0, 0.05) is 25.8 Å². The van der Waals surface area contributed by atoms with Crippen LogP contribution >= 0.6 is 0 Å². The van der Waals surface area contributed by atoms with Crippen molar-refractivity contribution in [2.45, 2.75) is 67.2 Å². The van der Waals surface area contributed by atoms with Gasteiger partial charge in [-0.15, -0.1) is 0 Å². The van der Waals surface area contributed by atoms with E-state index in [0.717, 1.165) is 22.5 Å². The molecule has 2 radical (unpaired) electrons. The molecule has 0 saturated carbocycles. The zero-order chi connectivity index (χ0) is 46.6. The Morgan fingerprint density at radius 2 is 0.746 bits per heavy atom. The predicted molar refractivity (Wildman–Crippen MR) is 274 cm³/mol. The smallest absolute Gasteiger partial charge is 0 e. The van der Waals surface area contributed by atoms with Crippen LogP contribution in [-0.4, -0.2) is 63.1 Å². The minimum Gasteiger partial charge on any atom is 0 e. The number of allylic oxidation sites excluding steroid dienone is 2. The van der Waals surface area contributed by atoms with E-state index in [1.807, 2.05) is 0 Å². The Balaban J connectivity index is 0.000000179. The quantitative estimate of drug-likeness (QED) is 0.114. The van der Waals surface area contributed by atoms with E-state index in [2.05, 4.69) is 175 Å². The van der Waals surface area contributed by atoms with Gasteiger partial charge in [-0.1, -0.05) is 0 Å². The summed E-state index contributed by atoms with van der Waals surface area (Å²) in [6.45, 7) is 6.08. The van der Waals surface area contributed by atoms with Crippen molar-refractivity contribution in [3.63, 3.8) is 0 Å². The number of hydrogen-bond acceptors (Lipinski definition) is 4. The van der Waals surface area contributed by atoms with Crippen molar-refractivity contribution < 1.29 is 45.0 Å². The zero-order valence-electron chi connectivity index (χ0n) is 39.1. The number of carbonyl (C=O) groups is 4. The van der Waals surface area contributed by atoms with Gasteiger partial charge in [0.05, 0.1) is 0 Å². The molecule has 67 heavy (non-hydrogen) atoms. The molecule has 4 unspecified atom stereocenters. The number of fused-ring (bicyclic) bond motifs is 8. The van der Waals surface area contributed by atoms with E-state index < -0.39 is 39.5 Å². The van der Waals surface area contributed by atoms with Gasteiger partial charge in [0.2, 0.25) is 0 Å². The van der Waals surface area contributed by atoms with Gasteiger partial charge in [-0.25, -0.2) is 0 Å². The maximum Gasteiger partial charge on any atom is 0 e. The van der Waals surface area contributed by atoms with Gasteiger partial charge in [-0.05, 0) is 0 Å². The van der Waals surface area contributed by atoms with Crippen LogP contribution in [0.15, 0.2) is 121 Å². The molecule has 0 aromatic heterocycles. The fourth-order valence-electron chi connectivity index (χ4n) is 10.9. The summed E-state index contributed by atoms with van der Waals surface area (Å²) in [5, 5.41) is 12.2. The Kier molecular flexibility index (Phi) is 14.5. The summed E-state index contributed by atoms with van der Waals surface area (Å²) in [7, 11) is 0. The normalized spacial score (nSPS) is 17.2. The third kappa shape index (κ3) is 9.12. The minimum atomic E-state index is -1.82. The predicted octanol–water partition coefficient (Wildman–Crippen LogP) is 12.3. The second kappa shape index (κ2) is 20.0. The number of carbonyl (C=O) groups excluding carboxylic acids is 4. The summed E-state index contributed by atoms with van der Waals surface area (Å²) in [6, 6.07) is 38.3. The Morgan fingerprint density at radius 3 is 1.09 bits per heavy atom. The third-order valence-electron chi connectivity index (χ3n) is 13.1. The van der Waals surface area contributed by atoms with Crippen LogP contribution in [0, 0.1) is 0 Å². The van der Waals surface area contributed by atoms with E-state index in [0.29, 0.717) is 19.2 Å². The van der Waals surface area contributed by atoms with Crippen LogP contribution in [0.1, 0.15) is 103 Å². The van der Waals surface area contributed by atoms with E-state index in [-0.39, 0.29) is 61.3 Å². The third-order valence-corrected chi connectivity index (χ3v) is 23.1. The monoisotopic (exact) mass is 1270 g/mol. The first-order valence-corrected chi connectivity index (χ1v) is 37.3. The van der Waals surface area contributed by atoms with Gasteiger partial charge in [0.1, 0.15) is 0 Å². The summed E-state index contributed by atoms with van der Waals surface area (Å²) in [5.74, 6) is -0.552. The van der Waals surface area contributed by atoms with Crippen molar-refractivity contribution >= 4 is 98.0 Å². The van der Waals surface area contributed by atoms with Crippen LogP contribution in [0.2, 0.25) is 19.8 Å². The molecule has 6 aromatic rings. The number of amides is 4. The van der Waals surface area contributed by atoms with E-state index in [9.17, 15) is 19.2 Å². The maximum atomic E-state index is 12.4. The Hall–Kier alpha value is -4.85. The van der Waals surface area contributed by atoms with Crippen LogP contribution in [-0.2, 0) is 45.0 Å². The fraction of sp³-hybridized carbons (Fsp3) is 0.214. The molecule has 0 saturated heterocycles. The molecule has 0 heterocycles. The van der Waals surface area contributed by atoms with Crippen molar-refractivity contribution in [1.29, 1.82) is 0 Å². The number of anilines is 4.